The van der Waals surface area contributed by atoms with Crippen LogP contribution in [-0.2, 0) is 14.8 Å². The zero-order valence-electron chi connectivity index (χ0n) is 16.0. The third-order valence-electron chi connectivity index (χ3n) is 4.02. The molecule has 8 heteroatoms. The minimum atomic E-state index is -3.75. The van der Waals surface area contributed by atoms with Crippen molar-refractivity contribution in [3.63, 3.8) is 0 Å². The van der Waals surface area contributed by atoms with Crippen molar-refractivity contribution in [2.75, 3.05) is 10.0 Å². The fraction of sp³-hybridized carbons (Fsp3) is 0.143. The normalized spacial score (nSPS) is 12.1. The Kier molecular flexibility index (Phi) is 6.13. The number of aromatic nitrogens is 1. The van der Waals surface area contributed by atoms with Gasteiger partial charge < -0.3 is 10.1 Å². The van der Waals surface area contributed by atoms with E-state index in [9.17, 15) is 13.2 Å². The third kappa shape index (κ3) is 5.55. The molecule has 3 rings (SSSR count). The largest absolute Gasteiger partial charge is 0.481 e. The van der Waals surface area contributed by atoms with Crippen LogP contribution in [-0.4, -0.2) is 25.4 Å². The average molecular weight is 411 g/mol. The Morgan fingerprint density at radius 2 is 1.79 bits per heavy atom. The number of amides is 1. The lowest BCUT2D eigenvalue weighted by molar-refractivity contribution is -0.122. The van der Waals surface area contributed by atoms with Crippen LogP contribution >= 0.6 is 0 Å². The molecule has 7 nitrogen and oxygen atoms in total. The van der Waals surface area contributed by atoms with Crippen LogP contribution in [0.4, 0.5) is 11.4 Å². The summed E-state index contributed by atoms with van der Waals surface area (Å²) in [7, 11) is -3.75. The molecule has 0 radical (unpaired) electrons. The maximum atomic E-state index is 12.4. The van der Waals surface area contributed by atoms with E-state index < -0.39 is 16.1 Å². The molecule has 2 aromatic carbocycles. The number of ether oxygens (including phenoxy) is 1. The van der Waals surface area contributed by atoms with Crippen molar-refractivity contribution < 1.29 is 17.9 Å². The monoisotopic (exact) mass is 411 g/mol. The second-order valence-corrected chi connectivity index (χ2v) is 8.12. The van der Waals surface area contributed by atoms with Crippen LogP contribution in [0.3, 0.4) is 0 Å². The number of anilines is 2. The zero-order valence-corrected chi connectivity index (χ0v) is 16.8. The molecule has 0 unspecified atom stereocenters. The molecular formula is C21H21N3O4S. The van der Waals surface area contributed by atoms with Gasteiger partial charge in [0, 0.05) is 11.9 Å². The van der Waals surface area contributed by atoms with E-state index in [0.29, 0.717) is 17.1 Å². The molecule has 0 spiro atoms. The van der Waals surface area contributed by atoms with Gasteiger partial charge in [-0.05, 0) is 67.9 Å². The molecule has 1 heterocycles. The second kappa shape index (κ2) is 8.74. The number of benzene rings is 2. The molecule has 0 bridgehead atoms. The highest BCUT2D eigenvalue weighted by Gasteiger charge is 2.17. The lowest BCUT2D eigenvalue weighted by atomic mass is 10.2. The fourth-order valence-electron chi connectivity index (χ4n) is 2.54. The second-order valence-electron chi connectivity index (χ2n) is 6.44. The van der Waals surface area contributed by atoms with Gasteiger partial charge in [-0.1, -0.05) is 12.1 Å². The Bertz CT molecular complexity index is 1080. The molecule has 29 heavy (non-hydrogen) atoms. The predicted molar refractivity (Wildman–Crippen MR) is 111 cm³/mol. The first kappa shape index (κ1) is 20.3. The van der Waals surface area contributed by atoms with Crippen LogP contribution in [0.1, 0.15) is 12.5 Å². The van der Waals surface area contributed by atoms with E-state index >= 15 is 0 Å². The Hall–Kier alpha value is -3.39. The lowest BCUT2D eigenvalue weighted by Gasteiger charge is -2.15. The molecule has 0 saturated carbocycles. The maximum absolute atomic E-state index is 12.4. The molecule has 0 aliphatic heterocycles. The first-order valence-corrected chi connectivity index (χ1v) is 10.4. The van der Waals surface area contributed by atoms with Crippen LogP contribution in [0.2, 0.25) is 0 Å². The first-order chi connectivity index (χ1) is 13.8. The molecule has 2 N–H and O–H groups in total. The lowest BCUT2D eigenvalue weighted by Crippen LogP contribution is -2.30. The molecule has 0 aliphatic carbocycles. The number of carbonyl (C=O) groups is 1. The van der Waals surface area contributed by atoms with Crippen molar-refractivity contribution in [3.8, 4) is 5.75 Å². The Balaban J connectivity index is 1.63. The molecule has 1 atom stereocenters. The van der Waals surface area contributed by atoms with Crippen LogP contribution in [0, 0.1) is 6.92 Å². The average Bonchev–Trinajstić information content (AvgIpc) is 2.69. The Morgan fingerprint density at radius 3 is 2.45 bits per heavy atom. The standard InChI is InChI=1S/C21H21N3O4S/c1-15-5-3-7-19(13-15)28-16(2)21(25)23-17-8-10-20(11-9-17)29(26,27)24-18-6-4-12-22-14-18/h3-14,16,24H,1-2H3,(H,23,25)/t16-/m1/s1. The van der Waals surface area contributed by atoms with Gasteiger partial charge in [-0.2, -0.15) is 0 Å². The van der Waals surface area contributed by atoms with Gasteiger partial charge in [0.15, 0.2) is 6.10 Å². The van der Waals surface area contributed by atoms with Crippen molar-refractivity contribution in [1.82, 2.24) is 4.98 Å². The predicted octanol–water partition coefficient (Wildman–Crippen LogP) is 3.60. The van der Waals surface area contributed by atoms with Crippen LogP contribution in [0.5, 0.6) is 5.75 Å². The van der Waals surface area contributed by atoms with Gasteiger partial charge in [-0.25, -0.2) is 8.42 Å². The smallest absolute Gasteiger partial charge is 0.265 e. The SMILES string of the molecule is Cc1cccc(O[C@H](C)C(=O)Nc2ccc(S(=O)(=O)Nc3cccnc3)cc2)c1. The number of nitrogens with zero attached hydrogens (tertiary/aromatic N) is 1. The molecule has 3 aromatic rings. The molecule has 1 aromatic heterocycles. The van der Waals surface area contributed by atoms with Gasteiger partial charge in [-0.15, -0.1) is 0 Å². The first-order valence-electron chi connectivity index (χ1n) is 8.90. The highest BCUT2D eigenvalue weighted by molar-refractivity contribution is 7.92. The number of carbonyl (C=O) groups excluding carboxylic acids is 1. The van der Waals surface area contributed by atoms with Crippen LogP contribution in [0.25, 0.3) is 0 Å². The number of sulfonamides is 1. The quantitative estimate of drug-likeness (QED) is 0.619. The van der Waals surface area contributed by atoms with Gasteiger partial charge >= 0.3 is 0 Å². The van der Waals surface area contributed by atoms with Crippen molar-refractivity contribution in [1.29, 1.82) is 0 Å². The van der Waals surface area contributed by atoms with E-state index in [1.165, 1.54) is 30.5 Å². The minimum Gasteiger partial charge on any atom is -0.481 e. The summed E-state index contributed by atoms with van der Waals surface area (Å²) in [5.41, 5.74) is 1.87. The number of rotatable bonds is 7. The van der Waals surface area contributed by atoms with Gasteiger partial charge in [0.25, 0.3) is 15.9 Å². The van der Waals surface area contributed by atoms with E-state index in [4.69, 9.17) is 4.74 Å². The topological polar surface area (TPSA) is 97.4 Å². The number of hydrogen-bond acceptors (Lipinski definition) is 5. The Morgan fingerprint density at radius 1 is 1.03 bits per heavy atom. The van der Waals surface area contributed by atoms with Gasteiger partial charge in [0.1, 0.15) is 5.75 Å². The summed E-state index contributed by atoms with van der Waals surface area (Å²) in [5, 5.41) is 2.72. The van der Waals surface area contributed by atoms with Crippen molar-refractivity contribution in [2.45, 2.75) is 24.8 Å². The van der Waals surface area contributed by atoms with E-state index in [1.807, 2.05) is 25.1 Å². The number of nitrogens with one attached hydrogen (secondary N) is 2. The Labute approximate surface area is 169 Å². The molecule has 150 valence electrons. The van der Waals surface area contributed by atoms with Crippen molar-refractivity contribution in [3.05, 3.63) is 78.6 Å². The number of hydrogen-bond donors (Lipinski definition) is 2. The fourth-order valence-corrected chi connectivity index (χ4v) is 3.59. The third-order valence-corrected chi connectivity index (χ3v) is 5.41. The van der Waals surface area contributed by atoms with Gasteiger partial charge in [0.2, 0.25) is 0 Å². The van der Waals surface area contributed by atoms with E-state index in [2.05, 4.69) is 15.0 Å². The van der Waals surface area contributed by atoms with E-state index in [1.54, 1.807) is 31.3 Å². The van der Waals surface area contributed by atoms with E-state index in [0.717, 1.165) is 5.56 Å². The molecule has 0 fully saturated rings. The summed E-state index contributed by atoms with van der Waals surface area (Å²) in [6.45, 7) is 3.59. The summed E-state index contributed by atoms with van der Waals surface area (Å²) in [6.07, 6.45) is 2.26. The summed E-state index contributed by atoms with van der Waals surface area (Å²) >= 11 is 0. The van der Waals surface area contributed by atoms with Crippen LogP contribution < -0.4 is 14.8 Å². The highest BCUT2D eigenvalue weighted by Crippen LogP contribution is 2.19. The molecule has 1 amide bonds. The highest BCUT2D eigenvalue weighted by atomic mass is 32.2. The minimum absolute atomic E-state index is 0.0726. The maximum Gasteiger partial charge on any atom is 0.265 e. The summed E-state index contributed by atoms with van der Waals surface area (Å²) < 4.78 is 33.0. The molecule has 0 saturated heterocycles. The van der Waals surface area contributed by atoms with E-state index in [-0.39, 0.29) is 10.8 Å². The summed E-state index contributed by atoms with van der Waals surface area (Å²) in [6, 6.07) is 16.5. The summed E-state index contributed by atoms with van der Waals surface area (Å²) in [4.78, 5) is 16.3. The molecular weight excluding hydrogens is 390 g/mol. The number of pyridine rings is 1. The summed E-state index contributed by atoms with van der Waals surface area (Å²) in [5.74, 6) is 0.270. The van der Waals surface area contributed by atoms with Crippen molar-refractivity contribution >= 4 is 27.3 Å². The van der Waals surface area contributed by atoms with Crippen molar-refractivity contribution in [2.24, 2.45) is 0 Å². The number of aryl methyl sites for hydroxylation is 1. The zero-order chi connectivity index (χ0) is 20.9. The van der Waals surface area contributed by atoms with Crippen LogP contribution in [0.15, 0.2) is 78.0 Å². The van der Waals surface area contributed by atoms with Gasteiger partial charge in [0.05, 0.1) is 16.8 Å². The molecule has 0 aliphatic rings. The van der Waals surface area contributed by atoms with Gasteiger partial charge in [-0.3, -0.25) is 14.5 Å².